The van der Waals surface area contributed by atoms with Crippen LogP contribution in [0.3, 0.4) is 0 Å². The van der Waals surface area contributed by atoms with Crippen molar-refractivity contribution in [3.63, 3.8) is 0 Å². The lowest BCUT2D eigenvalue weighted by Gasteiger charge is -2.32. The fourth-order valence-electron chi connectivity index (χ4n) is 5.16. The Hall–Kier alpha value is -2.55. The summed E-state index contributed by atoms with van der Waals surface area (Å²) in [6.45, 7) is 4.78. The Morgan fingerprint density at radius 2 is 1.97 bits per heavy atom. The van der Waals surface area contributed by atoms with E-state index in [4.69, 9.17) is 4.74 Å². The molecule has 2 unspecified atom stereocenters. The van der Waals surface area contributed by atoms with Gasteiger partial charge >= 0.3 is 6.18 Å². The zero-order chi connectivity index (χ0) is 22.8. The third-order valence-corrected chi connectivity index (χ3v) is 8.61. The molecule has 3 heterocycles. The molecule has 2 aromatic rings. The molecule has 0 amide bonds. The molecule has 0 fully saturated rings. The quantitative estimate of drug-likeness (QED) is 0.634. The number of sulfonamides is 1. The molecular weight excluding hydrogens is 441 g/mol. The van der Waals surface area contributed by atoms with E-state index in [0.717, 1.165) is 29.8 Å². The van der Waals surface area contributed by atoms with Gasteiger partial charge in [-0.2, -0.15) is 13.2 Å². The first-order valence-corrected chi connectivity index (χ1v) is 12.1. The van der Waals surface area contributed by atoms with E-state index in [1.54, 1.807) is 25.1 Å². The molecule has 0 aromatic heterocycles. The van der Waals surface area contributed by atoms with Crippen LogP contribution in [-0.2, 0) is 16.2 Å². The van der Waals surface area contributed by atoms with Gasteiger partial charge in [0.2, 0.25) is 0 Å². The van der Waals surface area contributed by atoms with Crippen LogP contribution in [0.1, 0.15) is 42.4 Å². The number of ether oxygens (including phenoxy) is 1. The standard InChI is InChI=1S/C23H24F3N2O3S/c1-14-4-3-5-20-22(14)28(10-11-31-20)32(29,30)21-13-16(6-7-18(21)23(24,25)26)17-12-15(2)27-9-8-19(17)27/h3-7,13,15,17H,8-12H2,1-2H3/q+1. The van der Waals surface area contributed by atoms with E-state index in [2.05, 4.69) is 11.5 Å². The van der Waals surface area contributed by atoms with Crippen molar-refractivity contribution in [2.75, 3.05) is 24.0 Å². The summed E-state index contributed by atoms with van der Waals surface area (Å²) in [6, 6.07) is 9.00. The van der Waals surface area contributed by atoms with Crippen LogP contribution in [0.5, 0.6) is 5.75 Å². The molecule has 0 saturated heterocycles. The first kappa shape index (κ1) is 21.3. The van der Waals surface area contributed by atoms with E-state index in [1.807, 2.05) is 0 Å². The third-order valence-electron chi connectivity index (χ3n) is 6.77. The normalized spacial score (nSPS) is 22.8. The number of anilines is 1. The minimum atomic E-state index is -4.79. The summed E-state index contributed by atoms with van der Waals surface area (Å²) in [6.07, 6.45) is -3.12. The number of para-hydroxylation sites is 1. The monoisotopic (exact) mass is 465 g/mol. The molecule has 170 valence electrons. The summed E-state index contributed by atoms with van der Waals surface area (Å²) >= 11 is 0. The van der Waals surface area contributed by atoms with Gasteiger partial charge in [0.1, 0.15) is 17.3 Å². The summed E-state index contributed by atoms with van der Waals surface area (Å²) in [5.41, 5.74) is 1.60. The van der Waals surface area contributed by atoms with Gasteiger partial charge in [-0.1, -0.05) is 18.2 Å². The Kier molecular flexibility index (Phi) is 4.81. The molecule has 0 radical (unpaired) electrons. The smallest absolute Gasteiger partial charge is 0.417 e. The lowest BCUT2D eigenvalue weighted by atomic mass is 9.89. The number of nitrogens with zero attached hydrogens (tertiary/aromatic N) is 2. The van der Waals surface area contributed by atoms with Gasteiger partial charge in [0.15, 0.2) is 18.3 Å². The number of aryl methyl sites for hydroxylation is 1. The zero-order valence-corrected chi connectivity index (χ0v) is 18.6. The lowest BCUT2D eigenvalue weighted by molar-refractivity contribution is -0.576. The molecule has 5 rings (SSSR count). The van der Waals surface area contributed by atoms with Gasteiger partial charge in [-0.15, -0.1) is 0 Å². The van der Waals surface area contributed by atoms with Crippen LogP contribution < -0.4 is 9.04 Å². The topological polar surface area (TPSA) is 49.6 Å². The second-order valence-corrected chi connectivity index (χ2v) is 10.5. The summed E-state index contributed by atoms with van der Waals surface area (Å²) in [4.78, 5) is -0.690. The predicted molar refractivity (Wildman–Crippen MR) is 114 cm³/mol. The molecule has 5 nitrogen and oxygen atoms in total. The molecule has 9 heteroatoms. The van der Waals surface area contributed by atoms with Gasteiger partial charge in [-0.25, -0.2) is 13.0 Å². The molecule has 0 spiro atoms. The molecule has 0 N–H and O–H groups in total. The first-order valence-electron chi connectivity index (χ1n) is 10.7. The summed E-state index contributed by atoms with van der Waals surface area (Å²) in [5.74, 6) is 0.309. The molecule has 2 aromatic carbocycles. The highest BCUT2D eigenvalue weighted by atomic mass is 32.2. The van der Waals surface area contributed by atoms with E-state index in [1.165, 1.54) is 17.8 Å². The average molecular weight is 466 g/mol. The predicted octanol–water partition coefficient (Wildman–Crippen LogP) is 4.33. The van der Waals surface area contributed by atoms with E-state index in [9.17, 15) is 21.6 Å². The van der Waals surface area contributed by atoms with E-state index in [0.29, 0.717) is 28.6 Å². The number of benzene rings is 2. The minimum absolute atomic E-state index is 0.0475. The van der Waals surface area contributed by atoms with Gasteiger partial charge in [0.05, 0.1) is 30.1 Å². The fraction of sp³-hybridized carbons (Fsp3) is 0.435. The van der Waals surface area contributed by atoms with E-state index < -0.39 is 26.7 Å². The van der Waals surface area contributed by atoms with Crippen LogP contribution in [0.2, 0.25) is 0 Å². The average Bonchev–Trinajstić information content (AvgIpc) is 2.93. The number of halogens is 3. The van der Waals surface area contributed by atoms with E-state index >= 15 is 0 Å². The second kappa shape index (κ2) is 7.23. The largest absolute Gasteiger partial charge is 0.489 e. The van der Waals surface area contributed by atoms with Crippen LogP contribution in [0.25, 0.3) is 0 Å². The molecule has 2 atom stereocenters. The highest BCUT2D eigenvalue weighted by Crippen LogP contribution is 2.43. The van der Waals surface area contributed by atoms with Crippen LogP contribution in [0.4, 0.5) is 18.9 Å². The van der Waals surface area contributed by atoms with Crippen molar-refractivity contribution in [3.05, 3.63) is 53.1 Å². The molecule has 32 heavy (non-hydrogen) atoms. The summed E-state index contributed by atoms with van der Waals surface area (Å²) in [5, 5.41) is 0. The SMILES string of the molecule is Cc1cccc2c1N(S(=O)(=O)c1cc(C3CC(C)[N+]4=C3CC4)ccc1C(F)(F)F)CCO2. The van der Waals surface area contributed by atoms with Crippen molar-refractivity contribution in [1.82, 2.24) is 0 Å². The maximum Gasteiger partial charge on any atom is 0.417 e. The Morgan fingerprint density at radius 3 is 2.62 bits per heavy atom. The van der Waals surface area contributed by atoms with Gasteiger partial charge in [0.25, 0.3) is 10.0 Å². The maximum absolute atomic E-state index is 13.9. The molecule has 0 saturated carbocycles. The van der Waals surface area contributed by atoms with Crippen molar-refractivity contribution in [2.45, 2.75) is 49.7 Å². The molecular formula is C23H24F3N2O3S+. The van der Waals surface area contributed by atoms with Gasteiger partial charge < -0.3 is 4.74 Å². The Balaban J connectivity index is 1.66. The van der Waals surface area contributed by atoms with Crippen LogP contribution in [0, 0.1) is 6.92 Å². The van der Waals surface area contributed by atoms with Crippen LogP contribution in [0.15, 0.2) is 41.3 Å². The molecule has 0 bridgehead atoms. The first-order chi connectivity index (χ1) is 15.1. The molecule has 3 aliphatic heterocycles. The lowest BCUT2D eigenvalue weighted by Crippen LogP contribution is -2.39. The minimum Gasteiger partial charge on any atom is -0.489 e. The van der Waals surface area contributed by atoms with Gasteiger partial charge in [0, 0.05) is 6.42 Å². The number of hydrogen-bond acceptors (Lipinski definition) is 3. The fourth-order valence-corrected chi connectivity index (χ4v) is 6.93. The van der Waals surface area contributed by atoms with Gasteiger partial charge in [-0.3, -0.25) is 4.31 Å². The summed E-state index contributed by atoms with van der Waals surface area (Å²) in [7, 11) is -4.48. The van der Waals surface area contributed by atoms with Gasteiger partial charge in [-0.05, 0) is 43.2 Å². The molecule has 0 aliphatic carbocycles. The van der Waals surface area contributed by atoms with Crippen LogP contribution >= 0.6 is 0 Å². The van der Waals surface area contributed by atoms with Crippen LogP contribution in [-0.4, -0.2) is 44.4 Å². The second-order valence-electron chi connectivity index (χ2n) is 8.67. The number of fused-ring (bicyclic) bond motifs is 1. The van der Waals surface area contributed by atoms with Crippen molar-refractivity contribution in [2.24, 2.45) is 0 Å². The Morgan fingerprint density at radius 1 is 1.19 bits per heavy atom. The summed E-state index contributed by atoms with van der Waals surface area (Å²) < 4.78 is 78.1. The number of hydrogen-bond donors (Lipinski definition) is 0. The highest BCUT2D eigenvalue weighted by molar-refractivity contribution is 7.93. The third kappa shape index (κ3) is 3.20. The van der Waals surface area contributed by atoms with Crippen molar-refractivity contribution < 1.29 is 30.9 Å². The Labute approximate surface area is 185 Å². The van der Waals surface area contributed by atoms with Crippen molar-refractivity contribution in [3.8, 4) is 5.75 Å². The maximum atomic E-state index is 13.9. The molecule has 3 aliphatic rings. The number of alkyl halides is 3. The van der Waals surface area contributed by atoms with E-state index in [-0.39, 0.29) is 19.1 Å². The Bertz CT molecular complexity index is 1240. The highest BCUT2D eigenvalue weighted by Gasteiger charge is 2.46. The number of rotatable bonds is 3. The van der Waals surface area contributed by atoms with Crippen molar-refractivity contribution in [1.29, 1.82) is 0 Å². The van der Waals surface area contributed by atoms with Crippen molar-refractivity contribution >= 4 is 21.4 Å². The zero-order valence-electron chi connectivity index (χ0n) is 17.8.